The van der Waals surface area contributed by atoms with Crippen LogP contribution in [0, 0.1) is 0 Å². The first-order chi connectivity index (χ1) is 16.5. The zero-order chi connectivity index (χ0) is 25.3. The summed E-state index contributed by atoms with van der Waals surface area (Å²) in [5, 5.41) is 9.18. The van der Waals surface area contributed by atoms with Crippen LogP contribution in [0.5, 0.6) is 5.75 Å². The van der Waals surface area contributed by atoms with E-state index < -0.39 is 23.7 Å². The Kier molecular flexibility index (Phi) is 6.66. The van der Waals surface area contributed by atoms with Gasteiger partial charge in [0.1, 0.15) is 23.9 Å². The molecule has 9 nitrogen and oxygen atoms in total. The third-order valence-electron chi connectivity index (χ3n) is 5.74. The number of hydrogen-bond acceptors (Lipinski definition) is 7. The highest BCUT2D eigenvalue weighted by Gasteiger charge is 2.32. The van der Waals surface area contributed by atoms with Crippen LogP contribution in [-0.4, -0.2) is 39.6 Å². The number of alkyl halides is 3. The van der Waals surface area contributed by atoms with Crippen molar-refractivity contribution in [2.24, 2.45) is 7.05 Å². The SMILES string of the molecule is CC(=O)Nc1cc([C@@H](C)Nc2ncnc3c2cc(OC2CCNC2)c(=O)n3C)cc(C(F)(F)F)c1. The van der Waals surface area contributed by atoms with Crippen molar-refractivity contribution >= 4 is 28.4 Å². The van der Waals surface area contributed by atoms with Gasteiger partial charge in [-0.15, -0.1) is 0 Å². The monoisotopic (exact) mass is 490 g/mol. The van der Waals surface area contributed by atoms with Crippen LogP contribution in [-0.2, 0) is 18.0 Å². The second-order valence-corrected chi connectivity index (χ2v) is 8.45. The number of halogens is 3. The standard InChI is InChI=1S/C23H25F3N6O3/c1-12(14-6-15(23(24,25)26)8-16(7-14)31-13(2)33)30-20-18-9-19(35-17-4-5-27-10-17)22(34)32(3)21(18)29-11-28-20/h6-9,11-12,17,27H,4-5,10H2,1-3H3,(H,31,33)(H,28,29,30)/t12-,17?/m1/s1. The fourth-order valence-corrected chi connectivity index (χ4v) is 3.98. The number of anilines is 2. The summed E-state index contributed by atoms with van der Waals surface area (Å²) in [6.07, 6.45) is -2.70. The number of hydrogen-bond donors (Lipinski definition) is 3. The molecule has 1 aliphatic rings. The van der Waals surface area contributed by atoms with Gasteiger partial charge in [0, 0.05) is 32.3 Å². The van der Waals surface area contributed by atoms with E-state index in [0.717, 1.165) is 25.1 Å². The predicted octanol–water partition coefficient (Wildman–Crippen LogP) is 3.22. The van der Waals surface area contributed by atoms with Gasteiger partial charge in [0.2, 0.25) is 5.91 Å². The maximum absolute atomic E-state index is 13.5. The molecule has 35 heavy (non-hydrogen) atoms. The van der Waals surface area contributed by atoms with Crippen molar-refractivity contribution < 1.29 is 22.7 Å². The Labute approximate surface area is 198 Å². The Morgan fingerprint density at radius 2 is 2.03 bits per heavy atom. The summed E-state index contributed by atoms with van der Waals surface area (Å²) in [4.78, 5) is 32.7. The van der Waals surface area contributed by atoms with Gasteiger partial charge in [0.25, 0.3) is 5.56 Å². The summed E-state index contributed by atoms with van der Waals surface area (Å²) < 4.78 is 47.7. The van der Waals surface area contributed by atoms with E-state index >= 15 is 0 Å². The third-order valence-corrected chi connectivity index (χ3v) is 5.74. The van der Waals surface area contributed by atoms with E-state index in [2.05, 4.69) is 25.9 Å². The number of amides is 1. The molecule has 2 atom stereocenters. The number of benzene rings is 1. The Balaban J connectivity index is 1.71. The number of rotatable bonds is 6. The van der Waals surface area contributed by atoms with Gasteiger partial charge >= 0.3 is 6.18 Å². The molecule has 0 aliphatic carbocycles. The minimum atomic E-state index is -4.59. The number of ether oxygens (including phenoxy) is 1. The highest BCUT2D eigenvalue weighted by atomic mass is 19.4. The van der Waals surface area contributed by atoms with Crippen molar-refractivity contribution in [1.29, 1.82) is 0 Å². The van der Waals surface area contributed by atoms with E-state index in [0.29, 0.717) is 23.4 Å². The molecule has 12 heteroatoms. The molecule has 0 saturated carbocycles. The van der Waals surface area contributed by atoms with E-state index in [-0.39, 0.29) is 28.7 Å². The van der Waals surface area contributed by atoms with Crippen molar-refractivity contribution in [2.45, 2.75) is 38.6 Å². The van der Waals surface area contributed by atoms with Crippen molar-refractivity contribution in [2.75, 3.05) is 23.7 Å². The van der Waals surface area contributed by atoms with Crippen LogP contribution in [0.25, 0.3) is 11.0 Å². The number of nitrogens with one attached hydrogen (secondary N) is 3. The minimum absolute atomic E-state index is 0.0341. The van der Waals surface area contributed by atoms with Crippen molar-refractivity contribution in [1.82, 2.24) is 19.9 Å². The average molecular weight is 490 g/mol. The molecular weight excluding hydrogens is 465 g/mol. The first kappa shape index (κ1) is 24.5. The summed E-state index contributed by atoms with van der Waals surface area (Å²) in [7, 11) is 1.57. The topological polar surface area (TPSA) is 110 Å². The first-order valence-electron chi connectivity index (χ1n) is 11.0. The molecular formula is C23H25F3N6O3. The minimum Gasteiger partial charge on any atom is -0.483 e. The van der Waals surface area contributed by atoms with Crippen LogP contribution >= 0.6 is 0 Å². The summed E-state index contributed by atoms with van der Waals surface area (Å²) >= 11 is 0. The molecule has 1 aliphatic heterocycles. The Hall–Kier alpha value is -3.67. The lowest BCUT2D eigenvalue weighted by Crippen LogP contribution is -2.26. The number of nitrogens with zero attached hydrogens (tertiary/aromatic N) is 3. The summed E-state index contributed by atoms with van der Waals surface area (Å²) in [6.45, 7) is 4.31. The zero-order valence-corrected chi connectivity index (χ0v) is 19.4. The van der Waals surface area contributed by atoms with Gasteiger partial charge < -0.3 is 20.7 Å². The Morgan fingerprint density at radius 1 is 1.26 bits per heavy atom. The lowest BCUT2D eigenvalue weighted by molar-refractivity contribution is -0.137. The molecule has 3 heterocycles. The average Bonchev–Trinajstić information content (AvgIpc) is 3.29. The highest BCUT2D eigenvalue weighted by molar-refractivity contribution is 5.89. The molecule has 1 unspecified atom stereocenters. The molecule has 186 valence electrons. The predicted molar refractivity (Wildman–Crippen MR) is 124 cm³/mol. The van der Waals surface area contributed by atoms with Crippen LogP contribution in [0.15, 0.2) is 35.4 Å². The number of aryl methyl sites for hydroxylation is 1. The van der Waals surface area contributed by atoms with E-state index in [1.807, 2.05) is 0 Å². The van der Waals surface area contributed by atoms with Gasteiger partial charge in [-0.05, 0) is 43.7 Å². The van der Waals surface area contributed by atoms with E-state index in [4.69, 9.17) is 4.74 Å². The second-order valence-electron chi connectivity index (χ2n) is 8.45. The van der Waals surface area contributed by atoms with Gasteiger partial charge in [-0.1, -0.05) is 0 Å². The number of fused-ring (bicyclic) bond motifs is 1. The van der Waals surface area contributed by atoms with Crippen LogP contribution in [0.1, 0.15) is 37.4 Å². The van der Waals surface area contributed by atoms with Crippen molar-refractivity contribution in [3.05, 3.63) is 52.1 Å². The number of carbonyl (C=O) groups excluding carboxylic acids is 1. The first-order valence-corrected chi connectivity index (χ1v) is 11.0. The van der Waals surface area contributed by atoms with Crippen LogP contribution in [0.3, 0.4) is 0 Å². The lowest BCUT2D eigenvalue weighted by atomic mass is 10.0. The summed E-state index contributed by atoms with van der Waals surface area (Å²) in [5.41, 5.74) is -0.567. The third kappa shape index (κ3) is 5.37. The molecule has 3 N–H and O–H groups in total. The lowest BCUT2D eigenvalue weighted by Gasteiger charge is -2.20. The summed E-state index contributed by atoms with van der Waals surface area (Å²) in [5.74, 6) is -0.0132. The molecule has 0 bridgehead atoms. The molecule has 4 rings (SSSR count). The highest BCUT2D eigenvalue weighted by Crippen LogP contribution is 2.34. The smallest absolute Gasteiger partial charge is 0.416 e. The fraction of sp³-hybridized carbons (Fsp3) is 0.391. The molecule has 1 aromatic carbocycles. The molecule has 1 saturated heterocycles. The van der Waals surface area contributed by atoms with Crippen LogP contribution < -0.4 is 26.2 Å². The maximum atomic E-state index is 13.5. The molecule has 1 amide bonds. The maximum Gasteiger partial charge on any atom is 0.416 e. The fourth-order valence-electron chi connectivity index (χ4n) is 3.98. The largest absolute Gasteiger partial charge is 0.483 e. The van der Waals surface area contributed by atoms with E-state index in [9.17, 15) is 22.8 Å². The molecule has 1 fully saturated rings. The van der Waals surface area contributed by atoms with Gasteiger partial charge in [-0.3, -0.25) is 14.2 Å². The number of aromatic nitrogens is 3. The molecule has 2 aromatic heterocycles. The van der Waals surface area contributed by atoms with Crippen LogP contribution in [0.2, 0.25) is 0 Å². The van der Waals surface area contributed by atoms with Crippen molar-refractivity contribution in [3.63, 3.8) is 0 Å². The van der Waals surface area contributed by atoms with Gasteiger partial charge in [-0.2, -0.15) is 13.2 Å². The van der Waals surface area contributed by atoms with Crippen molar-refractivity contribution in [3.8, 4) is 5.75 Å². The molecule has 0 radical (unpaired) electrons. The molecule has 3 aromatic rings. The van der Waals surface area contributed by atoms with Gasteiger partial charge in [0.15, 0.2) is 5.75 Å². The zero-order valence-electron chi connectivity index (χ0n) is 19.4. The molecule has 0 spiro atoms. The van der Waals surface area contributed by atoms with Crippen LogP contribution in [0.4, 0.5) is 24.7 Å². The van der Waals surface area contributed by atoms with Gasteiger partial charge in [0.05, 0.1) is 17.0 Å². The summed E-state index contributed by atoms with van der Waals surface area (Å²) in [6, 6.07) is 4.29. The van der Waals surface area contributed by atoms with Gasteiger partial charge in [-0.25, -0.2) is 9.97 Å². The number of pyridine rings is 1. The normalized spacial score (nSPS) is 16.8. The van der Waals surface area contributed by atoms with E-state index in [1.165, 1.54) is 23.9 Å². The quantitative estimate of drug-likeness (QED) is 0.487. The second kappa shape index (κ2) is 9.53. The van der Waals surface area contributed by atoms with E-state index in [1.54, 1.807) is 20.0 Å². The Bertz CT molecular complexity index is 1320. The Morgan fingerprint density at radius 3 is 2.69 bits per heavy atom. The number of carbonyl (C=O) groups is 1.